The van der Waals surface area contributed by atoms with Gasteiger partial charge in [-0.1, -0.05) is 0 Å². The third kappa shape index (κ3) is 17.7. The molecule has 0 bridgehead atoms. The second-order valence-electron chi connectivity index (χ2n) is 3.45. The van der Waals surface area contributed by atoms with Crippen molar-refractivity contribution in [3.8, 4) is 0 Å². The number of aldehydes is 2. The Balaban J connectivity index is 0. The van der Waals surface area contributed by atoms with Crippen molar-refractivity contribution >= 4 is 30.3 Å². The van der Waals surface area contributed by atoms with E-state index in [9.17, 15) is 24.0 Å². The minimum absolute atomic E-state index is 0.0443. The van der Waals surface area contributed by atoms with E-state index in [4.69, 9.17) is 5.73 Å². The highest BCUT2D eigenvalue weighted by atomic mass is 16.2. The first kappa shape index (κ1) is 21.0. The molecule has 0 aromatic heterocycles. The highest BCUT2D eigenvalue weighted by Crippen LogP contribution is 1.63. The first-order valence-corrected chi connectivity index (χ1v) is 6.03. The van der Waals surface area contributed by atoms with Gasteiger partial charge in [0.15, 0.2) is 0 Å². The van der Waals surface area contributed by atoms with Crippen LogP contribution in [0.3, 0.4) is 0 Å². The van der Waals surface area contributed by atoms with Crippen LogP contribution in [-0.4, -0.2) is 70.1 Å². The minimum atomic E-state index is -0.413. The van der Waals surface area contributed by atoms with E-state index < -0.39 is 11.8 Å². The molecule has 21 heavy (non-hydrogen) atoms. The fourth-order valence-corrected chi connectivity index (χ4v) is 0.848. The number of nitrogens with two attached hydrogens (primary N) is 1. The lowest BCUT2D eigenvalue weighted by molar-refractivity contribution is -0.125. The van der Waals surface area contributed by atoms with E-state index in [1.807, 2.05) is 0 Å². The molecule has 0 spiro atoms. The molecule has 0 aromatic carbocycles. The molecule has 120 valence electrons. The Morgan fingerprint density at radius 1 is 0.857 bits per heavy atom. The highest BCUT2D eigenvalue weighted by molar-refractivity contribution is 5.86. The Bertz CT molecular complexity index is 348. The predicted molar refractivity (Wildman–Crippen MR) is 74.1 cm³/mol. The smallest absolute Gasteiger partial charge is 0.239 e. The third-order valence-electron chi connectivity index (χ3n) is 1.73. The van der Waals surface area contributed by atoms with E-state index in [1.165, 1.54) is 0 Å². The van der Waals surface area contributed by atoms with Gasteiger partial charge < -0.3 is 36.6 Å². The molecule has 0 saturated carbocycles. The van der Waals surface area contributed by atoms with Gasteiger partial charge in [-0.2, -0.15) is 0 Å². The average Bonchev–Trinajstić information content (AvgIpc) is 2.49. The van der Waals surface area contributed by atoms with Crippen molar-refractivity contribution < 1.29 is 24.0 Å². The van der Waals surface area contributed by atoms with Crippen molar-refractivity contribution in [3.05, 3.63) is 0 Å². The molecule has 0 radical (unpaired) electrons. The molecule has 0 fully saturated rings. The molecule has 0 aliphatic carbocycles. The molecule has 0 aliphatic heterocycles. The number of hydrogen-bond donors (Lipinski definition) is 5. The summed E-state index contributed by atoms with van der Waals surface area (Å²) in [6.07, 6.45) is 1.20. The van der Waals surface area contributed by atoms with Crippen molar-refractivity contribution in [2.45, 2.75) is 0 Å². The van der Waals surface area contributed by atoms with Crippen molar-refractivity contribution in [3.63, 3.8) is 0 Å². The Hall–Kier alpha value is -2.33. The van der Waals surface area contributed by atoms with Gasteiger partial charge in [0.2, 0.25) is 17.7 Å². The lowest BCUT2D eigenvalue weighted by Gasteiger charge is -2.02. The zero-order valence-corrected chi connectivity index (χ0v) is 11.8. The lowest BCUT2D eigenvalue weighted by Crippen LogP contribution is -2.39. The highest BCUT2D eigenvalue weighted by Gasteiger charge is 2.01. The molecule has 6 N–H and O–H groups in total. The van der Waals surface area contributed by atoms with E-state index in [-0.39, 0.29) is 38.6 Å². The molecule has 0 heterocycles. The summed E-state index contributed by atoms with van der Waals surface area (Å²) in [5, 5.41) is 9.51. The van der Waals surface area contributed by atoms with Gasteiger partial charge in [0.1, 0.15) is 12.6 Å². The van der Waals surface area contributed by atoms with Crippen LogP contribution >= 0.6 is 0 Å². The number of rotatable bonds is 9. The molecular formula is C11H21N5O5. The van der Waals surface area contributed by atoms with Gasteiger partial charge in [0, 0.05) is 0 Å². The number of hydrogen-bond acceptors (Lipinski definition) is 7. The predicted octanol–water partition coefficient (Wildman–Crippen LogP) is -4.10. The van der Waals surface area contributed by atoms with Crippen LogP contribution in [0.15, 0.2) is 0 Å². The molecule has 0 aromatic rings. The van der Waals surface area contributed by atoms with Crippen LogP contribution in [0.5, 0.6) is 0 Å². The Morgan fingerprint density at radius 2 is 1.33 bits per heavy atom. The summed E-state index contributed by atoms with van der Waals surface area (Å²) < 4.78 is 0. The van der Waals surface area contributed by atoms with Gasteiger partial charge in [-0.05, 0) is 7.05 Å². The summed E-state index contributed by atoms with van der Waals surface area (Å²) in [6, 6.07) is 0. The van der Waals surface area contributed by atoms with Crippen molar-refractivity contribution in [2.75, 3.05) is 39.8 Å². The molecule has 0 unspecified atom stereocenters. The number of nitrogens with one attached hydrogen (secondary N) is 4. The second kappa shape index (κ2) is 15.7. The summed E-state index contributed by atoms with van der Waals surface area (Å²) in [5.74, 6) is -0.982. The van der Waals surface area contributed by atoms with E-state index in [0.29, 0.717) is 12.6 Å². The molecule has 0 saturated heterocycles. The van der Waals surface area contributed by atoms with Gasteiger partial charge in [-0.15, -0.1) is 0 Å². The molecule has 3 amide bonds. The molecule has 10 heteroatoms. The SMILES string of the molecule is CNCC(=O)NCC=O.NCC(=O)NCC(=O)NCC=O. The van der Waals surface area contributed by atoms with Crippen molar-refractivity contribution in [2.24, 2.45) is 5.73 Å². The number of carbonyl (C=O) groups is 5. The van der Waals surface area contributed by atoms with Crippen LogP contribution in [0.25, 0.3) is 0 Å². The molecular weight excluding hydrogens is 282 g/mol. The summed E-state index contributed by atoms with van der Waals surface area (Å²) >= 11 is 0. The maximum atomic E-state index is 10.7. The standard InChI is InChI=1S/C6H11N3O3.C5H10N2O2/c7-3-5(11)9-4-6(12)8-1-2-10;1-6-4-5(9)7-2-3-8/h2H,1,3-4,7H2,(H,8,12)(H,9,11);3,6H,2,4H2,1H3,(H,7,9). The second-order valence-corrected chi connectivity index (χ2v) is 3.45. The first-order chi connectivity index (χ1) is 10.0. The fourth-order valence-electron chi connectivity index (χ4n) is 0.848. The minimum Gasteiger partial charge on any atom is -0.348 e. The zero-order valence-electron chi connectivity index (χ0n) is 11.8. The average molecular weight is 303 g/mol. The van der Waals surface area contributed by atoms with Crippen LogP contribution in [0.2, 0.25) is 0 Å². The van der Waals surface area contributed by atoms with Crippen LogP contribution in [-0.2, 0) is 24.0 Å². The Labute approximate surface area is 122 Å². The summed E-state index contributed by atoms with van der Waals surface area (Å²) in [6.45, 7) is 0.0104. The molecule has 0 aliphatic rings. The van der Waals surface area contributed by atoms with Crippen LogP contribution in [0.1, 0.15) is 0 Å². The van der Waals surface area contributed by atoms with Gasteiger partial charge >= 0.3 is 0 Å². The Morgan fingerprint density at radius 3 is 1.71 bits per heavy atom. The maximum absolute atomic E-state index is 10.7. The summed E-state index contributed by atoms with van der Waals surface area (Å²) in [7, 11) is 1.67. The van der Waals surface area contributed by atoms with Crippen molar-refractivity contribution in [1.29, 1.82) is 0 Å². The fraction of sp³-hybridized carbons (Fsp3) is 0.545. The first-order valence-electron chi connectivity index (χ1n) is 6.03. The van der Waals surface area contributed by atoms with Gasteiger partial charge in [-0.25, -0.2) is 0 Å². The summed E-state index contributed by atoms with van der Waals surface area (Å²) in [4.78, 5) is 51.1. The van der Waals surface area contributed by atoms with Crippen LogP contribution in [0, 0.1) is 0 Å². The molecule has 0 atom stereocenters. The Kier molecular flexibility index (Phi) is 15.7. The van der Waals surface area contributed by atoms with Gasteiger partial charge in [0.25, 0.3) is 0 Å². The van der Waals surface area contributed by atoms with Crippen molar-refractivity contribution in [1.82, 2.24) is 21.3 Å². The van der Waals surface area contributed by atoms with Gasteiger partial charge in [-0.3, -0.25) is 14.4 Å². The quantitative estimate of drug-likeness (QED) is 0.271. The number of carbonyl (C=O) groups excluding carboxylic acids is 5. The van der Waals surface area contributed by atoms with Crippen LogP contribution < -0.4 is 27.0 Å². The normalized spacial score (nSPS) is 8.67. The van der Waals surface area contributed by atoms with Gasteiger partial charge in [0.05, 0.1) is 32.7 Å². The molecule has 0 rings (SSSR count). The lowest BCUT2D eigenvalue weighted by atomic mass is 10.5. The van der Waals surface area contributed by atoms with E-state index in [2.05, 4.69) is 21.3 Å². The largest absolute Gasteiger partial charge is 0.348 e. The van der Waals surface area contributed by atoms with Crippen LogP contribution in [0.4, 0.5) is 0 Å². The van der Waals surface area contributed by atoms with E-state index >= 15 is 0 Å². The zero-order chi connectivity index (χ0) is 16.5. The topological polar surface area (TPSA) is 159 Å². The van der Waals surface area contributed by atoms with E-state index in [1.54, 1.807) is 7.05 Å². The number of amides is 3. The monoisotopic (exact) mass is 303 g/mol. The maximum Gasteiger partial charge on any atom is 0.239 e. The molecule has 10 nitrogen and oxygen atoms in total. The van der Waals surface area contributed by atoms with E-state index in [0.717, 1.165) is 0 Å². The summed E-state index contributed by atoms with van der Waals surface area (Å²) in [5.41, 5.74) is 4.96. The number of likely N-dealkylation sites (N-methyl/N-ethyl adjacent to an activating group) is 1. The third-order valence-corrected chi connectivity index (χ3v) is 1.73.